The van der Waals surface area contributed by atoms with Crippen LogP contribution in [-0.2, 0) is 0 Å². The van der Waals surface area contributed by atoms with Crippen LogP contribution in [0, 0.1) is 0 Å². The van der Waals surface area contributed by atoms with Crippen LogP contribution in [0.4, 0.5) is 0 Å². The fourth-order valence-electron chi connectivity index (χ4n) is 1.29. The van der Waals surface area contributed by atoms with E-state index >= 15 is 0 Å². The molecule has 0 aliphatic carbocycles. The van der Waals surface area contributed by atoms with Gasteiger partial charge in [-0.2, -0.15) is 0 Å². The molecule has 0 aromatic carbocycles. The van der Waals surface area contributed by atoms with Gasteiger partial charge in [0.25, 0.3) is 0 Å². The van der Waals surface area contributed by atoms with Crippen LogP contribution in [0.1, 0.15) is 39.3 Å². The largest absolute Gasteiger partial charge is 0.322 e. The molecule has 0 saturated heterocycles. The van der Waals surface area contributed by atoms with E-state index in [2.05, 4.69) is 28.7 Å². The number of hydrogen-bond acceptors (Lipinski definition) is 2. The van der Waals surface area contributed by atoms with Gasteiger partial charge >= 0.3 is 0 Å². The Morgan fingerprint density at radius 1 is 1.46 bits per heavy atom. The molecule has 0 aliphatic heterocycles. The number of aromatic nitrogens is 2. The summed E-state index contributed by atoms with van der Waals surface area (Å²) in [4.78, 5) is 4.01. The highest BCUT2D eigenvalue weighted by molar-refractivity contribution is 4.77. The number of nitrogens with one attached hydrogen (secondary N) is 1. The first kappa shape index (κ1) is 10.3. The van der Waals surface area contributed by atoms with Gasteiger partial charge in [-0.05, 0) is 19.9 Å². The van der Waals surface area contributed by atoms with Gasteiger partial charge < -0.3 is 4.57 Å². The smallest absolute Gasteiger partial charge is 0.0959 e. The minimum atomic E-state index is 0.361. The Kier molecular flexibility index (Phi) is 4.54. The molecular weight excluding hydrogens is 162 g/mol. The summed E-state index contributed by atoms with van der Waals surface area (Å²) < 4.78 is 2.08. The van der Waals surface area contributed by atoms with Crippen molar-refractivity contribution >= 4 is 0 Å². The second-order valence-electron chi connectivity index (χ2n) is 3.35. The highest BCUT2D eigenvalue weighted by Gasteiger charge is 2.00. The van der Waals surface area contributed by atoms with Crippen LogP contribution in [0.2, 0.25) is 0 Å². The number of hydrogen-bond donors (Lipinski definition) is 1. The summed E-state index contributed by atoms with van der Waals surface area (Å²) in [5.41, 5.74) is 0. The number of unbranched alkanes of at least 4 members (excludes halogenated alkanes) is 2. The van der Waals surface area contributed by atoms with E-state index in [1.54, 1.807) is 0 Å². The maximum atomic E-state index is 4.01. The lowest BCUT2D eigenvalue weighted by Crippen LogP contribution is -2.24. The lowest BCUT2D eigenvalue weighted by molar-refractivity contribution is 0.429. The highest BCUT2D eigenvalue weighted by Crippen LogP contribution is 2.00. The fraction of sp³-hybridized carbons (Fsp3) is 0.700. The minimum Gasteiger partial charge on any atom is -0.322 e. The topological polar surface area (TPSA) is 29.9 Å². The zero-order valence-electron chi connectivity index (χ0n) is 8.53. The van der Waals surface area contributed by atoms with Crippen molar-refractivity contribution in [1.29, 1.82) is 0 Å². The third-order valence-corrected chi connectivity index (χ3v) is 2.19. The molecule has 1 rings (SSSR count). The molecule has 1 aromatic rings. The van der Waals surface area contributed by atoms with Crippen molar-refractivity contribution < 1.29 is 0 Å². The summed E-state index contributed by atoms with van der Waals surface area (Å²) >= 11 is 0. The van der Waals surface area contributed by atoms with Gasteiger partial charge in [-0.25, -0.2) is 4.98 Å². The number of imidazole rings is 1. The van der Waals surface area contributed by atoms with Crippen molar-refractivity contribution in [2.75, 3.05) is 6.54 Å². The Hall–Kier alpha value is -0.830. The molecule has 1 unspecified atom stereocenters. The first-order valence-electron chi connectivity index (χ1n) is 5.05. The van der Waals surface area contributed by atoms with Crippen molar-refractivity contribution in [2.45, 2.75) is 39.3 Å². The lowest BCUT2D eigenvalue weighted by Gasteiger charge is -2.14. The van der Waals surface area contributed by atoms with Crippen LogP contribution in [0.15, 0.2) is 18.7 Å². The first-order chi connectivity index (χ1) is 6.34. The second-order valence-corrected chi connectivity index (χ2v) is 3.35. The van der Waals surface area contributed by atoms with E-state index in [1.165, 1.54) is 19.3 Å². The van der Waals surface area contributed by atoms with E-state index in [9.17, 15) is 0 Å². The van der Waals surface area contributed by atoms with Gasteiger partial charge in [0.05, 0.1) is 12.5 Å². The molecule has 1 aromatic heterocycles. The summed E-state index contributed by atoms with van der Waals surface area (Å²) in [6.45, 7) is 5.46. The molecule has 0 aliphatic rings. The summed E-state index contributed by atoms with van der Waals surface area (Å²) in [6, 6.07) is 0. The lowest BCUT2D eigenvalue weighted by atomic mass is 10.2. The minimum absolute atomic E-state index is 0.361. The van der Waals surface area contributed by atoms with Gasteiger partial charge in [-0.15, -0.1) is 0 Å². The molecule has 0 spiro atoms. The molecule has 0 amide bonds. The van der Waals surface area contributed by atoms with Crippen molar-refractivity contribution in [2.24, 2.45) is 0 Å². The first-order valence-corrected chi connectivity index (χ1v) is 5.05. The van der Waals surface area contributed by atoms with E-state index in [0.717, 1.165) is 6.54 Å². The third-order valence-electron chi connectivity index (χ3n) is 2.19. The van der Waals surface area contributed by atoms with Crippen molar-refractivity contribution in [3.05, 3.63) is 18.7 Å². The highest BCUT2D eigenvalue weighted by atomic mass is 15.2. The van der Waals surface area contributed by atoms with Crippen LogP contribution < -0.4 is 5.32 Å². The molecule has 3 nitrogen and oxygen atoms in total. The van der Waals surface area contributed by atoms with Gasteiger partial charge in [0.15, 0.2) is 0 Å². The van der Waals surface area contributed by atoms with Gasteiger partial charge in [0.2, 0.25) is 0 Å². The Morgan fingerprint density at radius 2 is 2.31 bits per heavy atom. The third kappa shape index (κ3) is 3.59. The standard InChI is InChI=1S/C10H19N3/c1-3-4-5-6-12-10(2)13-8-7-11-9-13/h7-10,12H,3-6H2,1-2H3. The molecule has 3 heteroatoms. The molecule has 74 valence electrons. The monoisotopic (exact) mass is 181 g/mol. The Bertz CT molecular complexity index is 206. The van der Waals surface area contributed by atoms with Gasteiger partial charge in [-0.1, -0.05) is 19.8 Å². The van der Waals surface area contributed by atoms with E-state index in [1.807, 2.05) is 18.7 Å². The summed E-state index contributed by atoms with van der Waals surface area (Å²) in [5.74, 6) is 0. The molecule has 0 bridgehead atoms. The quantitative estimate of drug-likeness (QED) is 0.682. The maximum absolute atomic E-state index is 4.01. The Labute approximate surface area is 80.2 Å². The van der Waals surface area contributed by atoms with Crippen LogP contribution in [0.3, 0.4) is 0 Å². The summed E-state index contributed by atoms with van der Waals surface area (Å²) in [7, 11) is 0. The molecule has 0 saturated carbocycles. The summed E-state index contributed by atoms with van der Waals surface area (Å²) in [6.07, 6.45) is 9.85. The number of rotatable bonds is 6. The van der Waals surface area contributed by atoms with Crippen LogP contribution in [0.5, 0.6) is 0 Å². The zero-order valence-corrected chi connectivity index (χ0v) is 8.53. The second kappa shape index (κ2) is 5.75. The van der Waals surface area contributed by atoms with Crippen molar-refractivity contribution in [1.82, 2.24) is 14.9 Å². The fourth-order valence-corrected chi connectivity index (χ4v) is 1.29. The predicted molar refractivity (Wildman–Crippen MR) is 54.5 cm³/mol. The predicted octanol–water partition coefficient (Wildman–Crippen LogP) is 2.18. The normalized spacial score (nSPS) is 13.1. The van der Waals surface area contributed by atoms with Gasteiger partial charge in [-0.3, -0.25) is 5.32 Å². The van der Waals surface area contributed by atoms with Crippen LogP contribution >= 0.6 is 0 Å². The van der Waals surface area contributed by atoms with E-state index < -0.39 is 0 Å². The number of nitrogens with zero attached hydrogens (tertiary/aromatic N) is 2. The average molecular weight is 181 g/mol. The van der Waals surface area contributed by atoms with E-state index in [4.69, 9.17) is 0 Å². The molecule has 0 radical (unpaired) electrons. The summed E-state index contributed by atoms with van der Waals surface area (Å²) in [5, 5.41) is 3.44. The maximum Gasteiger partial charge on any atom is 0.0959 e. The Balaban J connectivity index is 2.15. The van der Waals surface area contributed by atoms with Crippen LogP contribution in [0.25, 0.3) is 0 Å². The van der Waals surface area contributed by atoms with E-state index in [-0.39, 0.29) is 0 Å². The molecule has 1 heterocycles. The molecular formula is C10H19N3. The molecule has 1 atom stereocenters. The molecule has 1 N–H and O–H groups in total. The van der Waals surface area contributed by atoms with Crippen LogP contribution in [-0.4, -0.2) is 16.1 Å². The van der Waals surface area contributed by atoms with Crippen molar-refractivity contribution in [3.63, 3.8) is 0 Å². The Morgan fingerprint density at radius 3 is 2.92 bits per heavy atom. The molecule has 13 heavy (non-hydrogen) atoms. The zero-order chi connectivity index (χ0) is 9.52. The SMILES string of the molecule is CCCCCNC(C)n1ccnc1. The van der Waals surface area contributed by atoms with Crippen molar-refractivity contribution in [3.8, 4) is 0 Å². The average Bonchev–Trinajstić information content (AvgIpc) is 2.65. The van der Waals surface area contributed by atoms with E-state index in [0.29, 0.717) is 6.17 Å². The van der Waals surface area contributed by atoms with Gasteiger partial charge in [0.1, 0.15) is 0 Å². The molecule has 0 fully saturated rings. The van der Waals surface area contributed by atoms with Gasteiger partial charge in [0, 0.05) is 12.4 Å².